The van der Waals surface area contributed by atoms with E-state index in [-0.39, 0.29) is 18.4 Å². The van der Waals surface area contributed by atoms with Crippen molar-refractivity contribution in [1.82, 2.24) is 0 Å². The molecule has 2 rings (SSSR count). The van der Waals surface area contributed by atoms with Crippen LogP contribution < -0.4 is 0 Å². The summed E-state index contributed by atoms with van der Waals surface area (Å²) in [7, 11) is 0. The second kappa shape index (κ2) is 6.48. The van der Waals surface area contributed by atoms with Gasteiger partial charge in [-0.2, -0.15) is 0 Å². The second-order valence-corrected chi connectivity index (χ2v) is 5.14. The van der Waals surface area contributed by atoms with Crippen molar-refractivity contribution in [2.24, 2.45) is 0 Å². The van der Waals surface area contributed by atoms with Gasteiger partial charge in [0.2, 0.25) is 0 Å². The normalized spacial score (nSPS) is 10.1. The first-order chi connectivity index (χ1) is 9.58. The van der Waals surface area contributed by atoms with E-state index in [1.165, 1.54) is 6.92 Å². The number of halogens is 1. The van der Waals surface area contributed by atoms with Crippen molar-refractivity contribution in [3.05, 3.63) is 69.7 Å². The molecular formula is C16H13BrO3. The van der Waals surface area contributed by atoms with Crippen LogP contribution in [0, 0.1) is 0 Å². The third kappa shape index (κ3) is 3.54. The molecule has 0 amide bonds. The molecule has 2 aromatic carbocycles. The molecular weight excluding hydrogens is 320 g/mol. The highest BCUT2D eigenvalue weighted by molar-refractivity contribution is 9.10. The van der Waals surface area contributed by atoms with Crippen molar-refractivity contribution in [3.63, 3.8) is 0 Å². The van der Waals surface area contributed by atoms with Gasteiger partial charge in [0.15, 0.2) is 5.78 Å². The average Bonchev–Trinajstić information content (AvgIpc) is 2.45. The smallest absolute Gasteiger partial charge is 0.302 e. The minimum absolute atomic E-state index is 0.0449. The van der Waals surface area contributed by atoms with E-state index in [9.17, 15) is 9.59 Å². The first kappa shape index (κ1) is 14.5. The Kier molecular flexibility index (Phi) is 4.69. The minimum Gasteiger partial charge on any atom is -0.461 e. The molecule has 0 aliphatic rings. The molecule has 2 aromatic rings. The maximum Gasteiger partial charge on any atom is 0.302 e. The van der Waals surface area contributed by atoms with Gasteiger partial charge in [0, 0.05) is 22.5 Å². The Bertz CT molecular complexity index is 632. The van der Waals surface area contributed by atoms with E-state index < -0.39 is 0 Å². The predicted molar refractivity (Wildman–Crippen MR) is 79.5 cm³/mol. The third-order valence-corrected chi connectivity index (χ3v) is 3.47. The minimum atomic E-state index is -0.321. The highest BCUT2D eigenvalue weighted by Gasteiger charge is 2.11. The van der Waals surface area contributed by atoms with Crippen molar-refractivity contribution < 1.29 is 14.3 Å². The standard InChI is InChI=1S/C16H13BrO3/c1-11(18)20-10-12-6-8-13(9-7-12)16(19)14-4-2-3-5-15(14)17/h2-9H,10H2,1H3. The van der Waals surface area contributed by atoms with Crippen molar-refractivity contribution in [2.75, 3.05) is 0 Å². The third-order valence-electron chi connectivity index (χ3n) is 2.78. The summed E-state index contributed by atoms with van der Waals surface area (Å²) in [6, 6.07) is 14.3. The molecule has 0 saturated heterocycles. The molecule has 0 unspecified atom stereocenters. The Balaban J connectivity index is 2.16. The Labute approximate surface area is 125 Å². The SMILES string of the molecule is CC(=O)OCc1ccc(C(=O)c2ccccc2Br)cc1. The zero-order valence-electron chi connectivity index (χ0n) is 10.9. The Morgan fingerprint density at radius 3 is 2.30 bits per heavy atom. The first-order valence-electron chi connectivity index (χ1n) is 6.09. The second-order valence-electron chi connectivity index (χ2n) is 4.29. The van der Waals surface area contributed by atoms with Crippen LogP contribution in [0.2, 0.25) is 0 Å². The summed E-state index contributed by atoms with van der Waals surface area (Å²) < 4.78 is 5.67. The van der Waals surface area contributed by atoms with E-state index in [4.69, 9.17) is 4.74 Å². The number of hydrogen-bond donors (Lipinski definition) is 0. The lowest BCUT2D eigenvalue weighted by Crippen LogP contribution is -2.03. The molecule has 0 bridgehead atoms. The summed E-state index contributed by atoms with van der Waals surface area (Å²) in [5.74, 6) is -0.366. The van der Waals surface area contributed by atoms with E-state index in [1.54, 1.807) is 30.3 Å². The van der Waals surface area contributed by atoms with Crippen molar-refractivity contribution in [1.29, 1.82) is 0 Å². The van der Waals surface area contributed by atoms with E-state index in [0.29, 0.717) is 11.1 Å². The number of benzene rings is 2. The molecule has 4 heteroatoms. The Hall–Kier alpha value is -1.94. The molecule has 0 saturated carbocycles. The molecule has 0 N–H and O–H groups in total. The van der Waals surface area contributed by atoms with Crippen LogP contribution in [0.4, 0.5) is 0 Å². The van der Waals surface area contributed by atoms with Crippen molar-refractivity contribution >= 4 is 27.7 Å². The highest BCUT2D eigenvalue weighted by atomic mass is 79.9. The highest BCUT2D eigenvalue weighted by Crippen LogP contribution is 2.20. The van der Waals surface area contributed by atoms with Gasteiger partial charge in [-0.1, -0.05) is 52.3 Å². The van der Waals surface area contributed by atoms with Crippen LogP contribution >= 0.6 is 15.9 Å². The summed E-state index contributed by atoms with van der Waals surface area (Å²) in [4.78, 5) is 23.1. The summed E-state index contributed by atoms with van der Waals surface area (Å²) in [6.45, 7) is 1.59. The lowest BCUT2D eigenvalue weighted by molar-refractivity contribution is -0.142. The maximum absolute atomic E-state index is 12.3. The molecule has 0 radical (unpaired) electrons. The number of hydrogen-bond acceptors (Lipinski definition) is 3. The number of carbonyl (C=O) groups is 2. The number of carbonyl (C=O) groups excluding carboxylic acids is 2. The molecule has 0 fully saturated rings. The molecule has 102 valence electrons. The van der Waals surface area contributed by atoms with Crippen LogP contribution in [0.25, 0.3) is 0 Å². The van der Waals surface area contributed by atoms with Crippen LogP contribution in [0.3, 0.4) is 0 Å². The van der Waals surface area contributed by atoms with Crippen LogP contribution in [0.1, 0.15) is 28.4 Å². The fraction of sp³-hybridized carbons (Fsp3) is 0.125. The van der Waals surface area contributed by atoms with Gasteiger partial charge in [0.05, 0.1) is 0 Å². The zero-order chi connectivity index (χ0) is 14.5. The molecule has 0 spiro atoms. The first-order valence-corrected chi connectivity index (χ1v) is 6.89. The quantitative estimate of drug-likeness (QED) is 0.632. The van der Waals surface area contributed by atoms with E-state index >= 15 is 0 Å². The van der Waals surface area contributed by atoms with Gasteiger partial charge < -0.3 is 4.74 Å². The average molecular weight is 333 g/mol. The lowest BCUT2D eigenvalue weighted by atomic mass is 10.0. The fourth-order valence-corrected chi connectivity index (χ4v) is 2.20. The van der Waals surface area contributed by atoms with E-state index in [0.717, 1.165) is 10.0 Å². The Morgan fingerprint density at radius 2 is 1.70 bits per heavy atom. The lowest BCUT2D eigenvalue weighted by Gasteiger charge is -2.05. The van der Waals surface area contributed by atoms with Crippen LogP contribution in [-0.2, 0) is 16.1 Å². The number of rotatable bonds is 4. The predicted octanol–water partition coefficient (Wildman–Crippen LogP) is 3.74. The van der Waals surface area contributed by atoms with Gasteiger partial charge >= 0.3 is 5.97 Å². The van der Waals surface area contributed by atoms with Crippen molar-refractivity contribution in [3.8, 4) is 0 Å². The zero-order valence-corrected chi connectivity index (χ0v) is 12.5. The van der Waals surface area contributed by atoms with Gasteiger partial charge in [-0.05, 0) is 17.7 Å². The fourth-order valence-electron chi connectivity index (χ4n) is 1.74. The van der Waals surface area contributed by atoms with Gasteiger partial charge in [-0.3, -0.25) is 9.59 Å². The van der Waals surface area contributed by atoms with Gasteiger partial charge in [0.1, 0.15) is 6.61 Å². The van der Waals surface area contributed by atoms with Gasteiger partial charge in [-0.15, -0.1) is 0 Å². The van der Waals surface area contributed by atoms with Crippen molar-refractivity contribution in [2.45, 2.75) is 13.5 Å². The monoisotopic (exact) mass is 332 g/mol. The molecule has 0 aliphatic heterocycles. The summed E-state index contributed by atoms with van der Waals surface area (Å²) in [5, 5.41) is 0. The molecule has 0 heterocycles. The molecule has 20 heavy (non-hydrogen) atoms. The molecule has 0 aromatic heterocycles. The Morgan fingerprint density at radius 1 is 1.05 bits per heavy atom. The van der Waals surface area contributed by atoms with Crippen LogP contribution in [0.15, 0.2) is 53.0 Å². The number of ketones is 1. The van der Waals surface area contributed by atoms with E-state index in [1.807, 2.05) is 18.2 Å². The maximum atomic E-state index is 12.3. The summed E-state index contributed by atoms with van der Waals surface area (Å²) >= 11 is 3.37. The topological polar surface area (TPSA) is 43.4 Å². The van der Waals surface area contributed by atoms with Gasteiger partial charge in [0.25, 0.3) is 0 Å². The molecule has 0 aliphatic carbocycles. The number of esters is 1. The summed E-state index contributed by atoms with van der Waals surface area (Å²) in [6.07, 6.45) is 0. The van der Waals surface area contributed by atoms with Crippen LogP contribution in [-0.4, -0.2) is 11.8 Å². The van der Waals surface area contributed by atoms with Crippen LogP contribution in [0.5, 0.6) is 0 Å². The summed E-state index contributed by atoms with van der Waals surface area (Å²) in [5.41, 5.74) is 2.08. The van der Waals surface area contributed by atoms with Gasteiger partial charge in [-0.25, -0.2) is 0 Å². The van der Waals surface area contributed by atoms with E-state index in [2.05, 4.69) is 15.9 Å². The molecule has 3 nitrogen and oxygen atoms in total. The number of ether oxygens (including phenoxy) is 1. The largest absolute Gasteiger partial charge is 0.461 e. The molecule has 0 atom stereocenters.